The van der Waals surface area contributed by atoms with Crippen molar-refractivity contribution in [3.8, 4) is 0 Å². The Morgan fingerprint density at radius 3 is 1.27 bits per heavy atom. The Bertz CT molecular complexity index is 1230. The predicted molar refractivity (Wildman–Crippen MR) is 260 cm³/mol. The Balaban J connectivity index is 4.23. The molecular formula is C52H93O10P. The molecule has 0 bridgehead atoms. The number of carbonyl (C=O) groups is 2. The summed E-state index contributed by atoms with van der Waals surface area (Å²) in [5, 5.41) is 18.4. The molecule has 3 N–H and O–H groups in total. The van der Waals surface area contributed by atoms with Crippen molar-refractivity contribution >= 4 is 19.8 Å². The standard InChI is InChI=1S/C52H93O10P/c1-3-5-7-9-11-13-15-17-19-21-23-24-26-27-29-31-33-35-37-39-41-43-51(55)59-47-50(48-61-63(57,58)60-46-49(54)45-53)62-52(56)44-42-40-38-36-34-32-30-28-25-22-20-18-16-14-12-10-8-6-4-2/h12,14-15,17-18,20-21,23,25,28,49-50,53-54H,3-11,13,16,19,22,24,26-27,29-48H2,1-2H3,(H,57,58)/b14-12-,17-15-,20-18-,23-21-,28-25-. The van der Waals surface area contributed by atoms with Gasteiger partial charge >= 0.3 is 19.8 Å². The van der Waals surface area contributed by atoms with Crippen LogP contribution in [0.3, 0.4) is 0 Å². The van der Waals surface area contributed by atoms with Gasteiger partial charge in [0.2, 0.25) is 0 Å². The molecule has 0 aromatic heterocycles. The van der Waals surface area contributed by atoms with Gasteiger partial charge in [-0.1, -0.05) is 184 Å². The highest BCUT2D eigenvalue weighted by atomic mass is 31.2. The number of esters is 2. The molecule has 63 heavy (non-hydrogen) atoms. The van der Waals surface area contributed by atoms with Crippen molar-refractivity contribution in [1.29, 1.82) is 0 Å². The lowest BCUT2D eigenvalue weighted by atomic mass is 10.1. The van der Waals surface area contributed by atoms with Crippen LogP contribution >= 0.6 is 7.82 Å². The number of aliphatic hydroxyl groups is 2. The molecule has 0 aromatic carbocycles. The van der Waals surface area contributed by atoms with E-state index in [1.165, 1.54) is 96.3 Å². The van der Waals surface area contributed by atoms with Crippen molar-refractivity contribution in [2.45, 2.75) is 232 Å². The molecule has 0 rings (SSSR count). The van der Waals surface area contributed by atoms with Gasteiger partial charge in [-0.3, -0.25) is 18.6 Å². The van der Waals surface area contributed by atoms with Crippen molar-refractivity contribution in [3.05, 3.63) is 60.8 Å². The highest BCUT2D eigenvalue weighted by Crippen LogP contribution is 2.43. The zero-order chi connectivity index (χ0) is 46.2. The average molecular weight is 909 g/mol. The van der Waals surface area contributed by atoms with Crippen LogP contribution in [-0.2, 0) is 32.7 Å². The number of hydrogen-bond donors (Lipinski definition) is 3. The largest absolute Gasteiger partial charge is 0.472 e. The minimum absolute atomic E-state index is 0.167. The molecule has 11 heteroatoms. The zero-order valence-corrected chi connectivity index (χ0v) is 40.9. The Kier molecular flexibility index (Phi) is 45.9. The van der Waals surface area contributed by atoms with E-state index in [4.69, 9.17) is 23.6 Å². The summed E-state index contributed by atoms with van der Waals surface area (Å²) in [6.07, 6.45) is 54.6. The van der Waals surface area contributed by atoms with Crippen LogP contribution in [-0.4, -0.2) is 65.7 Å². The molecule has 0 radical (unpaired) electrons. The summed E-state index contributed by atoms with van der Waals surface area (Å²) in [4.78, 5) is 35.2. The van der Waals surface area contributed by atoms with Gasteiger partial charge in [0.05, 0.1) is 19.8 Å². The first kappa shape index (κ1) is 60.7. The van der Waals surface area contributed by atoms with E-state index in [-0.39, 0.29) is 19.4 Å². The van der Waals surface area contributed by atoms with E-state index in [1.54, 1.807) is 0 Å². The monoisotopic (exact) mass is 909 g/mol. The lowest BCUT2D eigenvalue weighted by molar-refractivity contribution is -0.161. The topological polar surface area (TPSA) is 149 Å². The molecule has 3 unspecified atom stereocenters. The lowest BCUT2D eigenvalue weighted by Crippen LogP contribution is -2.29. The van der Waals surface area contributed by atoms with Gasteiger partial charge in [0.15, 0.2) is 6.10 Å². The molecule has 0 saturated heterocycles. The van der Waals surface area contributed by atoms with Crippen LogP contribution in [0.1, 0.15) is 219 Å². The number of allylic oxidation sites excluding steroid dienone is 10. The van der Waals surface area contributed by atoms with Crippen LogP contribution in [0.15, 0.2) is 60.8 Å². The molecule has 0 aliphatic carbocycles. The summed E-state index contributed by atoms with van der Waals surface area (Å²) < 4.78 is 32.8. The van der Waals surface area contributed by atoms with Crippen LogP contribution in [0.5, 0.6) is 0 Å². The molecule has 0 amide bonds. The number of aliphatic hydroxyl groups excluding tert-OH is 2. The second kappa shape index (κ2) is 47.6. The minimum Gasteiger partial charge on any atom is -0.462 e. The summed E-state index contributed by atoms with van der Waals surface area (Å²) in [5.74, 6) is -0.942. The van der Waals surface area contributed by atoms with Crippen molar-refractivity contribution in [1.82, 2.24) is 0 Å². The first-order valence-electron chi connectivity index (χ1n) is 25.2. The third-order valence-electron chi connectivity index (χ3n) is 10.6. The van der Waals surface area contributed by atoms with E-state index >= 15 is 0 Å². The van der Waals surface area contributed by atoms with Crippen LogP contribution < -0.4 is 0 Å². The first-order valence-corrected chi connectivity index (χ1v) is 26.7. The Hall–Kier alpha value is -2.33. The molecule has 0 spiro atoms. The van der Waals surface area contributed by atoms with Crippen molar-refractivity contribution in [2.24, 2.45) is 0 Å². The van der Waals surface area contributed by atoms with E-state index in [1.807, 2.05) is 0 Å². The van der Waals surface area contributed by atoms with E-state index in [9.17, 15) is 24.2 Å². The number of carbonyl (C=O) groups excluding carboxylic acids is 2. The van der Waals surface area contributed by atoms with Gasteiger partial charge in [-0.2, -0.15) is 0 Å². The zero-order valence-electron chi connectivity index (χ0n) is 40.0. The number of ether oxygens (including phenoxy) is 2. The van der Waals surface area contributed by atoms with Gasteiger partial charge in [-0.05, 0) is 83.5 Å². The van der Waals surface area contributed by atoms with Crippen LogP contribution in [0.2, 0.25) is 0 Å². The molecule has 0 aromatic rings. The van der Waals surface area contributed by atoms with Crippen LogP contribution in [0.25, 0.3) is 0 Å². The molecule has 0 heterocycles. The van der Waals surface area contributed by atoms with E-state index in [2.05, 4.69) is 74.6 Å². The van der Waals surface area contributed by atoms with Gasteiger partial charge in [-0.25, -0.2) is 4.57 Å². The van der Waals surface area contributed by atoms with Crippen LogP contribution in [0.4, 0.5) is 0 Å². The molecule has 0 fully saturated rings. The normalized spacial score (nSPS) is 14.2. The maximum atomic E-state index is 12.7. The first-order chi connectivity index (χ1) is 30.7. The molecule has 366 valence electrons. The summed E-state index contributed by atoms with van der Waals surface area (Å²) in [6, 6.07) is 0. The maximum Gasteiger partial charge on any atom is 0.472 e. The van der Waals surface area contributed by atoms with Gasteiger partial charge < -0.3 is 24.6 Å². The molecule has 0 aliphatic rings. The summed E-state index contributed by atoms with van der Waals surface area (Å²) in [7, 11) is -4.63. The molecule has 0 aliphatic heterocycles. The van der Waals surface area contributed by atoms with Gasteiger partial charge in [0.25, 0.3) is 0 Å². The number of rotatable bonds is 47. The van der Waals surface area contributed by atoms with Crippen molar-refractivity contribution in [2.75, 3.05) is 26.4 Å². The number of unbranched alkanes of at least 4 members (excludes halogenated alkanes) is 23. The minimum atomic E-state index is -4.63. The van der Waals surface area contributed by atoms with Gasteiger partial charge in [-0.15, -0.1) is 0 Å². The fraction of sp³-hybridized carbons (Fsp3) is 0.769. The maximum absolute atomic E-state index is 12.7. The second-order valence-electron chi connectivity index (χ2n) is 16.8. The Morgan fingerprint density at radius 1 is 0.476 bits per heavy atom. The lowest BCUT2D eigenvalue weighted by Gasteiger charge is -2.20. The average Bonchev–Trinajstić information content (AvgIpc) is 3.27. The van der Waals surface area contributed by atoms with Gasteiger partial charge in [0.1, 0.15) is 12.7 Å². The Morgan fingerprint density at radius 2 is 0.825 bits per heavy atom. The number of hydrogen-bond acceptors (Lipinski definition) is 9. The summed E-state index contributed by atoms with van der Waals surface area (Å²) in [6.45, 7) is 2.34. The predicted octanol–water partition coefficient (Wildman–Crippen LogP) is 14.2. The quantitative estimate of drug-likeness (QED) is 0.0233. The smallest absolute Gasteiger partial charge is 0.462 e. The van der Waals surface area contributed by atoms with Crippen molar-refractivity contribution in [3.63, 3.8) is 0 Å². The molecular weight excluding hydrogens is 816 g/mol. The second-order valence-corrected chi connectivity index (χ2v) is 18.3. The molecule has 3 atom stereocenters. The Labute approximate surface area is 385 Å². The third kappa shape index (κ3) is 47.5. The number of phosphoric acid groups is 1. The van der Waals surface area contributed by atoms with Crippen molar-refractivity contribution < 1.29 is 47.8 Å². The highest BCUT2D eigenvalue weighted by Gasteiger charge is 2.27. The summed E-state index contributed by atoms with van der Waals surface area (Å²) >= 11 is 0. The van der Waals surface area contributed by atoms with E-state index < -0.39 is 51.8 Å². The SMILES string of the molecule is CCCCC/C=C\C/C=C\C/C=C\CCCCCCCCC(=O)OC(COC(=O)CCCCCCCCCCC/C=C\C/C=C\CCCCCCC)COP(=O)(O)OCC(O)CO. The van der Waals surface area contributed by atoms with E-state index in [0.29, 0.717) is 12.8 Å². The van der Waals surface area contributed by atoms with Crippen LogP contribution in [0, 0.1) is 0 Å². The number of phosphoric ester groups is 1. The van der Waals surface area contributed by atoms with Gasteiger partial charge in [0, 0.05) is 12.8 Å². The highest BCUT2D eigenvalue weighted by molar-refractivity contribution is 7.47. The summed E-state index contributed by atoms with van der Waals surface area (Å²) in [5.41, 5.74) is 0. The molecule has 10 nitrogen and oxygen atoms in total. The third-order valence-corrected chi connectivity index (χ3v) is 11.6. The van der Waals surface area contributed by atoms with E-state index in [0.717, 1.165) is 83.5 Å². The molecule has 0 saturated carbocycles. The fourth-order valence-corrected chi connectivity index (χ4v) is 7.53. The fourth-order valence-electron chi connectivity index (χ4n) is 6.74.